The van der Waals surface area contributed by atoms with Crippen LogP contribution in [0.1, 0.15) is 12.5 Å². The number of benzene rings is 2. The van der Waals surface area contributed by atoms with Gasteiger partial charge in [-0.15, -0.1) is 0 Å². The van der Waals surface area contributed by atoms with Gasteiger partial charge in [-0.3, -0.25) is 0 Å². The number of carbonyl (C=O) groups excluding carboxylic acids is 1. The Balaban J connectivity index is 1.53. The first-order chi connectivity index (χ1) is 13.0. The van der Waals surface area contributed by atoms with Gasteiger partial charge in [0.1, 0.15) is 18.3 Å². The molecule has 27 heavy (non-hydrogen) atoms. The van der Waals surface area contributed by atoms with Crippen LogP contribution in [0.5, 0.6) is 11.5 Å². The third kappa shape index (κ3) is 3.55. The van der Waals surface area contributed by atoms with E-state index in [0.717, 1.165) is 4.47 Å². The van der Waals surface area contributed by atoms with Crippen LogP contribution in [-0.2, 0) is 16.1 Å². The van der Waals surface area contributed by atoms with Gasteiger partial charge >= 0.3 is 11.6 Å². The minimum absolute atomic E-state index is 0.0726. The Morgan fingerprint density at radius 2 is 1.85 bits per heavy atom. The van der Waals surface area contributed by atoms with E-state index < -0.39 is 23.8 Å². The summed E-state index contributed by atoms with van der Waals surface area (Å²) < 4.78 is 22.8. The molecule has 0 fully saturated rings. The van der Waals surface area contributed by atoms with E-state index in [2.05, 4.69) is 15.9 Å². The molecule has 2 atom stereocenters. The van der Waals surface area contributed by atoms with E-state index in [1.165, 1.54) is 6.07 Å². The minimum atomic E-state index is -0.888. The Labute approximate surface area is 162 Å². The summed E-state index contributed by atoms with van der Waals surface area (Å²) in [4.78, 5) is 24.3. The van der Waals surface area contributed by atoms with Gasteiger partial charge in [-0.05, 0) is 37.3 Å². The van der Waals surface area contributed by atoms with Crippen LogP contribution in [0.4, 0.5) is 0 Å². The Hall–Kier alpha value is -2.80. The molecule has 0 bridgehead atoms. The molecule has 0 radical (unpaired) electrons. The van der Waals surface area contributed by atoms with Crippen molar-refractivity contribution in [2.45, 2.75) is 25.7 Å². The summed E-state index contributed by atoms with van der Waals surface area (Å²) in [5, 5.41) is 0.699. The van der Waals surface area contributed by atoms with E-state index in [1.807, 2.05) is 12.1 Å². The number of hydrogen-bond donors (Lipinski definition) is 0. The van der Waals surface area contributed by atoms with Gasteiger partial charge in [0.25, 0.3) is 0 Å². The standard InChI is InChI=1S/C20H15BrO6/c1-11-19(27-16-5-3-2-4-15(16)25-11)20(23)24-10-12-8-18(22)26-17-9-13(21)6-7-14(12)17/h2-9,11,19H,10H2,1H3. The molecule has 0 aliphatic carbocycles. The number of hydrogen-bond acceptors (Lipinski definition) is 6. The van der Waals surface area contributed by atoms with Crippen LogP contribution < -0.4 is 15.1 Å². The molecule has 2 heterocycles. The highest BCUT2D eigenvalue weighted by Crippen LogP contribution is 2.33. The van der Waals surface area contributed by atoms with Crippen LogP contribution in [0.2, 0.25) is 0 Å². The topological polar surface area (TPSA) is 75.0 Å². The van der Waals surface area contributed by atoms with Crippen molar-refractivity contribution >= 4 is 32.9 Å². The normalized spacial score (nSPS) is 18.3. The fourth-order valence-corrected chi connectivity index (χ4v) is 3.27. The highest BCUT2D eigenvalue weighted by molar-refractivity contribution is 9.10. The summed E-state index contributed by atoms with van der Waals surface area (Å²) in [6, 6.07) is 13.8. The molecule has 3 aromatic rings. The maximum Gasteiger partial charge on any atom is 0.351 e. The molecule has 0 saturated carbocycles. The lowest BCUT2D eigenvalue weighted by Crippen LogP contribution is -2.44. The van der Waals surface area contributed by atoms with Crippen molar-refractivity contribution in [2.75, 3.05) is 0 Å². The second-order valence-electron chi connectivity index (χ2n) is 6.15. The maximum atomic E-state index is 12.5. The van der Waals surface area contributed by atoms with E-state index in [9.17, 15) is 9.59 Å². The summed E-state index contributed by atoms with van der Waals surface area (Å²) in [5.74, 6) is 0.523. The van der Waals surface area contributed by atoms with Gasteiger partial charge in [0.05, 0.1) is 0 Å². The van der Waals surface area contributed by atoms with Crippen molar-refractivity contribution in [3.63, 3.8) is 0 Å². The Bertz CT molecular complexity index is 1070. The molecule has 1 aliphatic heterocycles. The number of fused-ring (bicyclic) bond motifs is 2. The minimum Gasteiger partial charge on any atom is -0.482 e. The summed E-state index contributed by atoms with van der Waals surface area (Å²) in [6.45, 7) is 1.67. The van der Waals surface area contributed by atoms with Gasteiger partial charge in [-0.25, -0.2) is 9.59 Å². The molecule has 7 heteroatoms. The van der Waals surface area contributed by atoms with Crippen LogP contribution in [0, 0.1) is 0 Å². The number of esters is 1. The second kappa shape index (κ2) is 7.08. The molecule has 1 aliphatic rings. The second-order valence-corrected chi connectivity index (χ2v) is 7.06. The molecule has 2 unspecified atom stereocenters. The molecule has 138 valence electrons. The Morgan fingerprint density at radius 1 is 1.11 bits per heavy atom. The molecular weight excluding hydrogens is 416 g/mol. The van der Waals surface area contributed by atoms with Gasteiger partial charge < -0.3 is 18.6 Å². The van der Waals surface area contributed by atoms with Crippen LogP contribution in [0.3, 0.4) is 0 Å². The molecule has 6 nitrogen and oxygen atoms in total. The van der Waals surface area contributed by atoms with Crippen molar-refractivity contribution in [2.24, 2.45) is 0 Å². The molecular formula is C20H15BrO6. The molecule has 1 aromatic heterocycles. The molecule has 0 saturated heterocycles. The fraction of sp³-hybridized carbons (Fsp3) is 0.200. The van der Waals surface area contributed by atoms with Gasteiger partial charge in [-0.2, -0.15) is 0 Å². The molecule has 0 amide bonds. The zero-order valence-electron chi connectivity index (χ0n) is 14.3. The van der Waals surface area contributed by atoms with E-state index in [1.54, 1.807) is 37.3 Å². The van der Waals surface area contributed by atoms with Gasteiger partial charge in [0.15, 0.2) is 11.5 Å². The van der Waals surface area contributed by atoms with Crippen LogP contribution in [-0.4, -0.2) is 18.2 Å². The Morgan fingerprint density at radius 3 is 2.63 bits per heavy atom. The maximum absolute atomic E-state index is 12.5. The Kier molecular flexibility index (Phi) is 4.61. The monoisotopic (exact) mass is 430 g/mol. The third-order valence-electron chi connectivity index (χ3n) is 4.24. The van der Waals surface area contributed by atoms with Gasteiger partial charge in [0.2, 0.25) is 6.10 Å². The highest BCUT2D eigenvalue weighted by Gasteiger charge is 2.35. The largest absolute Gasteiger partial charge is 0.482 e. The lowest BCUT2D eigenvalue weighted by Gasteiger charge is -2.30. The van der Waals surface area contributed by atoms with E-state index in [-0.39, 0.29) is 6.61 Å². The van der Waals surface area contributed by atoms with Crippen molar-refractivity contribution in [1.82, 2.24) is 0 Å². The predicted molar refractivity (Wildman–Crippen MR) is 101 cm³/mol. The first-order valence-corrected chi connectivity index (χ1v) is 9.12. The summed E-state index contributed by atoms with van der Waals surface area (Å²) >= 11 is 3.34. The molecule has 0 spiro atoms. The fourth-order valence-electron chi connectivity index (χ4n) is 2.93. The van der Waals surface area contributed by atoms with Crippen molar-refractivity contribution in [1.29, 1.82) is 0 Å². The van der Waals surface area contributed by atoms with E-state index in [4.69, 9.17) is 18.6 Å². The molecule has 2 aromatic carbocycles. The SMILES string of the molecule is CC1Oc2ccccc2OC1C(=O)OCc1cc(=O)oc2cc(Br)ccc12. The van der Waals surface area contributed by atoms with Crippen LogP contribution in [0.25, 0.3) is 11.0 Å². The lowest BCUT2D eigenvalue weighted by molar-refractivity contribution is -0.159. The van der Waals surface area contributed by atoms with Crippen LogP contribution in [0.15, 0.2) is 62.2 Å². The zero-order chi connectivity index (χ0) is 19.0. The molecule has 4 rings (SSSR count). The number of halogens is 1. The molecule has 0 N–H and O–H groups in total. The predicted octanol–water partition coefficient (Wildman–Crippen LogP) is 3.83. The first-order valence-electron chi connectivity index (χ1n) is 8.32. The summed E-state index contributed by atoms with van der Waals surface area (Å²) in [5.41, 5.74) is 0.473. The highest BCUT2D eigenvalue weighted by atomic mass is 79.9. The summed E-state index contributed by atoms with van der Waals surface area (Å²) in [7, 11) is 0. The third-order valence-corrected chi connectivity index (χ3v) is 4.73. The number of para-hydroxylation sites is 2. The van der Waals surface area contributed by atoms with Gasteiger partial charge in [0, 0.05) is 21.5 Å². The van der Waals surface area contributed by atoms with Gasteiger partial charge in [-0.1, -0.05) is 28.1 Å². The lowest BCUT2D eigenvalue weighted by atomic mass is 10.1. The van der Waals surface area contributed by atoms with E-state index >= 15 is 0 Å². The van der Waals surface area contributed by atoms with Crippen molar-refractivity contribution < 1.29 is 23.4 Å². The summed E-state index contributed by atoms with van der Waals surface area (Å²) in [6.07, 6.45) is -1.39. The number of carbonyl (C=O) groups is 1. The van der Waals surface area contributed by atoms with Crippen molar-refractivity contribution in [3.05, 3.63) is 69.0 Å². The quantitative estimate of drug-likeness (QED) is 0.464. The van der Waals surface area contributed by atoms with Crippen LogP contribution >= 0.6 is 15.9 Å². The van der Waals surface area contributed by atoms with Crippen molar-refractivity contribution in [3.8, 4) is 11.5 Å². The number of rotatable bonds is 3. The zero-order valence-corrected chi connectivity index (χ0v) is 15.9. The average Bonchev–Trinajstić information content (AvgIpc) is 2.64. The number of ether oxygens (including phenoxy) is 3. The smallest absolute Gasteiger partial charge is 0.351 e. The average molecular weight is 431 g/mol. The first kappa shape index (κ1) is 17.6. The van der Waals surface area contributed by atoms with E-state index in [0.29, 0.717) is 28.0 Å².